The van der Waals surface area contributed by atoms with E-state index in [9.17, 15) is 9.59 Å². The first-order chi connectivity index (χ1) is 13.6. The van der Waals surface area contributed by atoms with Gasteiger partial charge in [0, 0.05) is 28.6 Å². The minimum Gasteiger partial charge on any atom is -0.493 e. The van der Waals surface area contributed by atoms with Crippen molar-refractivity contribution in [3.8, 4) is 5.75 Å². The molecule has 7 heteroatoms. The second kappa shape index (κ2) is 11.9. The predicted octanol–water partition coefficient (Wildman–Crippen LogP) is 4.50. The molecule has 0 aliphatic rings. The quantitative estimate of drug-likeness (QED) is 0.321. The average Bonchev–Trinajstić information content (AvgIpc) is 2.69. The molecule has 2 aromatic rings. The average molecular weight is 446 g/mol. The van der Waals surface area contributed by atoms with Gasteiger partial charge in [-0.05, 0) is 36.8 Å². The number of hydrazone groups is 1. The summed E-state index contributed by atoms with van der Waals surface area (Å²) in [7, 11) is 0. The van der Waals surface area contributed by atoms with Gasteiger partial charge >= 0.3 is 0 Å². The Labute approximate surface area is 173 Å². The van der Waals surface area contributed by atoms with Crippen LogP contribution in [0, 0.1) is 0 Å². The van der Waals surface area contributed by atoms with Crippen LogP contribution in [0.4, 0.5) is 5.69 Å². The van der Waals surface area contributed by atoms with Crippen LogP contribution in [0.1, 0.15) is 38.2 Å². The molecule has 0 atom stereocenters. The third kappa shape index (κ3) is 7.92. The van der Waals surface area contributed by atoms with Crippen molar-refractivity contribution in [1.29, 1.82) is 0 Å². The fraction of sp³-hybridized carbons (Fsp3) is 0.286. The molecule has 2 N–H and O–H groups in total. The summed E-state index contributed by atoms with van der Waals surface area (Å²) in [5.41, 5.74) is 3.91. The fourth-order valence-electron chi connectivity index (χ4n) is 2.28. The summed E-state index contributed by atoms with van der Waals surface area (Å²) in [5, 5.41) is 6.71. The van der Waals surface area contributed by atoms with Gasteiger partial charge < -0.3 is 10.1 Å². The summed E-state index contributed by atoms with van der Waals surface area (Å²) in [5.74, 6) is 0.156. The van der Waals surface area contributed by atoms with Gasteiger partial charge in [-0.3, -0.25) is 9.59 Å². The monoisotopic (exact) mass is 445 g/mol. The molecule has 0 aliphatic heterocycles. The first-order valence-electron chi connectivity index (χ1n) is 9.17. The van der Waals surface area contributed by atoms with Crippen LogP contribution in [0.15, 0.2) is 58.1 Å². The molecule has 0 spiro atoms. The van der Waals surface area contributed by atoms with Gasteiger partial charge in [-0.15, -0.1) is 0 Å². The van der Waals surface area contributed by atoms with E-state index in [2.05, 4.69) is 38.7 Å². The van der Waals surface area contributed by atoms with Crippen LogP contribution in [0.2, 0.25) is 0 Å². The Morgan fingerprint density at radius 1 is 1.11 bits per heavy atom. The summed E-state index contributed by atoms with van der Waals surface area (Å²) < 4.78 is 6.64. The van der Waals surface area contributed by atoms with Crippen molar-refractivity contribution in [3.05, 3.63) is 58.6 Å². The SMILES string of the molecule is CCCCOc1ccc(Br)cc1C=NNC(=O)CCC(=O)Nc1ccccc1. The second-order valence-electron chi connectivity index (χ2n) is 6.09. The molecular formula is C21H24BrN3O3. The molecule has 0 fully saturated rings. The molecule has 0 bridgehead atoms. The molecule has 0 unspecified atom stereocenters. The van der Waals surface area contributed by atoms with Crippen LogP contribution < -0.4 is 15.5 Å². The molecule has 2 rings (SSSR count). The zero-order valence-electron chi connectivity index (χ0n) is 15.8. The molecule has 0 saturated carbocycles. The highest BCUT2D eigenvalue weighted by atomic mass is 79.9. The third-order valence-corrected chi connectivity index (χ3v) is 4.25. The zero-order valence-corrected chi connectivity index (χ0v) is 17.4. The van der Waals surface area contributed by atoms with Crippen molar-refractivity contribution in [2.24, 2.45) is 5.10 Å². The molecule has 2 amide bonds. The maximum atomic E-state index is 11.9. The van der Waals surface area contributed by atoms with E-state index in [1.165, 1.54) is 6.21 Å². The van der Waals surface area contributed by atoms with Gasteiger partial charge in [0.25, 0.3) is 0 Å². The van der Waals surface area contributed by atoms with Gasteiger partial charge in [-0.25, -0.2) is 5.43 Å². The minimum atomic E-state index is -0.331. The number of hydrogen-bond acceptors (Lipinski definition) is 4. The standard InChI is InChI=1S/C21H24BrN3O3/c1-2-3-13-28-19-10-9-17(22)14-16(19)15-23-25-21(27)12-11-20(26)24-18-7-5-4-6-8-18/h4-10,14-15H,2-3,11-13H2,1H3,(H,24,26)(H,25,27). The van der Waals surface area contributed by atoms with Crippen molar-refractivity contribution >= 4 is 39.6 Å². The molecule has 0 radical (unpaired) electrons. The number of benzene rings is 2. The van der Waals surface area contributed by atoms with E-state index in [-0.39, 0.29) is 24.7 Å². The van der Waals surface area contributed by atoms with Crippen LogP contribution in [-0.2, 0) is 9.59 Å². The minimum absolute atomic E-state index is 0.0499. The number of rotatable bonds is 10. The number of nitrogens with one attached hydrogen (secondary N) is 2. The second-order valence-corrected chi connectivity index (χ2v) is 7.01. The lowest BCUT2D eigenvalue weighted by Gasteiger charge is -2.09. The highest BCUT2D eigenvalue weighted by Gasteiger charge is 2.07. The Morgan fingerprint density at radius 2 is 1.86 bits per heavy atom. The van der Waals surface area contributed by atoms with Crippen LogP contribution in [0.3, 0.4) is 0 Å². The largest absolute Gasteiger partial charge is 0.493 e. The van der Waals surface area contributed by atoms with Crippen LogP contribution in [0.5, 0.6) is 5.75 Å². The summed E-state index contributed by atoms with van der Waals surface area (Å²) >= 11 is 3.42. The van der Waals surface area contributed by atoms with Crippen molar-refractivity contribution in [3.63, 3.8) is 0 Å². The van der Waals surface area contributed by atoms with Crippen molar-refractivity contribution in [1.82, 2.24) is 5.43 Å². The number of halogens is 1. The molecule has 2 aromatic carbocycles. The number of amides is 2. The van der Waals surface area contributed by atoms with Gasteiger partial charge in [0.2, 0.25) is 11.8 Å². The van der Waals surface area contributed by atoms with E-state index in [0.29, 0.717) is 18.0 Å². The van der Waals surface area contributed by atoms with E-state index < -0.39 is 0 Å². The normalized spacial score (nSPS) is 10.6. The smallest absolute Gasteiger partial charge is 0.240 e. The lowest BCUT2D eigenvalue weighted by atomic mass is 10.2. The Hall–Kier alpha value is -2.67. The Balaban J connectivity index is 1.81. The summed E-state index contributed by atoms with van der Waals surface area (Å²) in [6.07, 6.45) is 3.68. The summed E-state index contributed by atoms with van der Waals surface area (Å²) in [6, 6.07) is 14.7. The first kappa shape index (κ1) is 21.6. The van der Waals surface area contributed by atoms with Crippen LogP contribution in [0.25, 0.3) is 0 Å². The van der Waals surface area contributed by atoms with Gasteiger partial charge in [0.05, 0.1) is 12.8 Å². The first-order valence-corrected chi connectivity index (χ1v) is 9.97. The van der Waals surface area contributed by atoms with E-state index in [0.717, 1.165) is 22.9 Å². The lowest BCUT2D eigenvalue weighted by molar-refractivity contribution is -0.124. The molecule has 0 heterocycles. The van der Waals surface area contributed by atoms with Gasteiger partial charge in [-0.1, -0.05) is 47.5 Å². The van der Waals surface area contributed by atoms with Crippen LogP contribution in [-0.4, -0.2) is 24.6 Å². The van der Waals surface area contributed by atoms with Crippen LogP contribution >= 0.6 is 15.9 Å². The number of nitrogens with zero attached hydrogens (tertiary/aromatic N) is 1. The number of unbranched alkanes of at least 4 members (excludes halogenated alkanes) is 1. The van der Waals surface area contributed by atoms with E-state index in [1.54, 1.807) is 12.1 Å². The number of hydrogen-bond donors (Lipinski definition) is 2. The molecule has 0 aliphatic carbocycles. The fourth-order valence-corrected chi connectivity index (χ4v) is 2.66. The van der Waals surface area contributed by atoms with Crippen molar-refractivity contribution in [2.75, 3.05) is 11.9 Å². The topological polar surface area (TPSA) is 79.8 Å². The number of para-hydroxylation sites is 1. The Kier molecular flexibility index (Phi) is 9.21. The van der Waals surface area contributed by atoms with Gasteiger partial charge in [0.15, 0.2) is 0 Å². The molecule has 0 aromatic heterocycles. The Morgan fingerprint density at radius 3 is 2.61 bits per heavy atom. The number of ether oxygens (including phenoxy) is 1. The maximum absolute atomic E-state index is 11.9. The highest BCUT2D eigenvalue weighted by molar-refractivity contribution is 9.10. The molecule has 28 heavy (non-hydrogen) atoms. The summed E-state index contributed by atoms with van der Waals surface area (Å²) in [6.45, 7) is 2.73. The summed E-state index contributed by atoms with van der Waals surface area (Å²) in [4.78, 5) is 23.8. The van der Waals surface area contributed by atoms with E-state index >= 15 is 0 Å². The van der Waals surface area contributed by atoms with Crippen molar-refractivity contribution < 1.29 is 14.3 Å². The van der Waals surface area contributed by atoms with E-state index in [1.807, 2.05) is 36.4 Å². The molecular weight excluding hydrogens is 422 g/mol. The predicted molar refractivity (Wildman–Crippen MR) is 115 cm³/mol. The number of carbonyl (C=O) groups excluding carboxylic acids is 2. The van der Waals surface area contributed by atoms with Gasteiger partial charge in [-0.2, -0.15) is 5.10 Å². The third-order valence-electron chi connectivity index (χ3n) is 3.76. The number of anilines is 1. The number of carbonyl (C=O) groups is 2. The van der Waals surface area contributed by atoms with E-state index in [4.69, 9.17) is 4.74 Å². The lowest BCUT2D eigenvalue weighted by Crippen LogP contribution is -2.20. The van der Waals surface area contributed by atoms with Crippen molar-refractivity contribution in [2.45, 2.75) is 32.6 Å². The maximum Gasteiger partial charge on any atom is 0.240 e. The molecule has 148 valence electrons. The molecule has 0 saturated heterocycles. The zero-order chi connectivity index (χ0) is 20.2. The highest BCUT2D eigenvalue weighted by Crippen LogP contribution is 2.22. The van der Waals surface area contributed by atoms with Gasteiger partial charge in [0.1, 0.15) is 5.75 Å². The Bertz CT molecular complexity index is 810. The molecule has 6 nitrogen and oxygen atoms in total.